The van der Waals surface area contributed by atoms with E-state index in [0.717, 1.165) is 12.8 Å². The van der Waals surface area contributed by atoms with Crippen molar-refractivity contribution in [2.24, 2.45) is 0 Å². The minimum atomic E-state index is 1.13. The highest BCUT2D eigenvalue weighted by molar-refractivity contribution is 5.23. The van der Waals surface area contributed by atoms with Crippen LogP contribution in [0, 0.1) is 0 Å². The lowest BCUT2D eigenvalue weighted by Crippen LogP contribution is -1.91. The Bertz CT molecular complexity index is 441. The van der Waals surface area contributed by atoms with Gasteiger partial charge in [0.15, 0.2) is 0 Å². The average molecular weight is 266 g/mol. The maximum absolute atomic E-state index is 2.29. The number of unbranched alkanes of at least 4 members (excludes halogenated alkanes) is 1. The molecule has 20 heavy (non-hydrogen) atoms. The third kappa shape index (κ3) is 4.52. The summed E-state index contributed by atoms with van der Waals surface area (Å²) in [6.07, 6.45) is 7.23. The van der Waals surface area contributed by atoms with Gasteiger partial charge >= 0.3 is 0 Å². The second-order valence-electron chi connectivity index (χ2n) is 5.55. The van der Waals surface area contributed by atoms with E-state index in [1.54, 1.807) is 0 Å². The Hall–Kier alpha value is -1.56. The average Bonchev–Trinajstić information content (AvgIpc) is 2.53. The molecular formula is C20H26. The summed E-state index contributed by atoms with van der Waals surface area (Å²) >= 11 is 0. The Morgan fingerprint density at radius 1 is 0.500 bits per heavy atom. The standard InChI is InChI=1S/C20H26/c1-3-17-9-13-19(14-10-17)7-5-6-8-20-15-11-18(4-2)12-16-20/h9-16H,3-8H2,1-2H3. The molecule has 2 aromatic rings. The van der Waals surface area contributed by atoms with Crippen LogP contribution in [0.3, 0.4) is 0 Å². The lowest BCUT2D eigenvalue weighted by atomic mass is 10.0. The zero-order chi connectivity index (χ0) is 14.2. The number of aryl methyl sites for hydroxylation is 4. The van der Waals surface area contributed by atoms with Crippen molar-refractivity contribution < 1.29 is 0 Å². The topological polar surface area (TPSA) is 0 Å². The molecule has 2 rings (SSSR count). The van der Waals surface area contributed by atoms with Gasteiger partial charge in [0.05, 0.1) is 0 Å². The van der Waals surface area contributed by atoms with Crippen LogP contribution in [-0.4, -0.2) is 0 Å². The fraction of sp³-hybridized carbons (Fsp3) is 0.400. The molecule has 0 bridgehead atoms. The van der Waals surface area contributed by atoms with E-state index < -0.39 is 0 Å². The van der Waals surface area contributed by atoms with Crippen molar-refractivity contribution in [1.29, 1.82) is 0 Å². The van der Waals surface area contributed by atoms with Gasteiger partial charge in [0.1, 0.15) is 0 Å². The van der Waals surface area contributed by atoms with E-state index in [-0.39, 0.29) is 0 Å². The Morgan fingerprint density at radius 2 is 0.800 bits per heavy atom. The van der Waals surface area contributed by atoms with E-state index in [9.17, 15) is 0 Å². The van der Waals surface area contributed by atoms with Crippen LogP contribution in [0.5, 0.6) is 0 Å². The lowest BCUT2D eigenvalue weighted by Gasteiger charge is -2.05. The molecule has 0 aliphatic heterocycles. The Balaban J connectivity index is 1.72. The largest absolute Gasteiger partial charge is 0.0613 e. The fourth-order valence-electron chi connectivity index (χ4n) is 2.54. The molecule has 2 aromatic carbocycles. The molecule has 0 radical (unpaired) electrons. The first-order valence-electron chi connectivity index (χ1n) is 7.97. The number of hydrogen-bond donors (Lipinski definition) is 0. The van der Waals surface area contributed by atoms with Crippen LogP contribution >= 0.6 is 0 Å². The number of rotatable bonds is 7. The van der Waals surface area contributed by atoms with Crippen LogP contribution in [-0.2, 0) is 25.7 Å². The van der Waals surface area contributed by atoms with Crippen LogP contribution in [0.2, 0.25) is 0 Å². The first kappa shape index (κ1) is 14.8. The van der Waals surface area contributed by atoms with E-state index in [1.807, 2.05) is 0 Å². The van der Waals surface area contributed by atoms with Crippen molar-refractivity contribution in [2.45, 2.75) is 52.4 Å². The van der Waals surface area contributed by atoms with Gasteiger partial charge in [-0.2, -0.15) is 0 Å². The summed E-state index contributed by atoms with van der Waals surface area (Å²) in [6, 6.07) is 18.2. The maximum Gasteiger partial charge on any atom is -0.0279 e. The SMILES string of the molecule is CCc1ccc(CCCCc2ccc(CC)cc2)cc1. The second-order valence-corrected chi connectivity index (χ2v) is 5.55. The molecule has 0 saturated carbocycles. The van der Waals surface area contributed by atoms with Gasteiger partial charge in [-0.15, -0.1) is 0 Å². The summed E-state index contributed by atoms with van der Waals surface area (Å²) in [7, 11) is 0. The van der Waals surface area contributed by atoms with E-state index in [2.05, 4.69) is 62.4 Å². The summed E-state index contributed by atoms with van der Waals surface area (Å²) in [5.41, 5.74) is 5.82. The van der Waals surface area contributed by atoms with Gasteiger partial charge in [0.25, 0.3) is 0 Å². The summed E-state index contributed by atoms with van der Waals surface area (Å²) in [5, 5.41) is 0. The first-order chi connectivity index (χ1) is 9.81. The van der Waals surface area contributed by atoms with Gasteiger partial charge < -0.3 is 0 Å². The minimum Gasteiger partial charge on any atom is -0.0613 e. The molecule has 0 aromatic heterocycles. The molecule has 0 aliphatic carbocycles. The molecule has 106 valence electrons. The number of hydrogen-bond acceptors (Lipinski definition) is 0. The Kier molecular flexibility index (Phi) is 5.86. The van der Waals surface area contributed by atoms with Gasteiger partial charge in [-0.05, 0) is 60.8 Å². The predicted molar refractivity (Wildman–Crippen MR) is 88.3 cm³/mol. The van der Waals surface area contributed by atoms with Gasteiger partial charge in [-0.1, -0.05) is 62.4 Å². The second kappa shape index (κ2) is 7.89. The van der Waals surface area contributed by atoms with Crippen LogP contribution in [0.4, 0.5) is 0 Å². The van der Waals surface area contributed by atoms with Crippen molar-refractivity contribution in [3.8, 4) is 0 Å². The molecular weight excluding hydrogens is 240 g/mol. The number of benzene rings is 2. The molecule has 0 heteroatoms. The maximum atomic E-state index is 2.29. The van der Waals surface area contributed by atoms with E-state index in [1.165, 1.54) is 47.9 Å². The van der Waals surface area contributed by atoms with Crippen molar-refractivity contribution in [3.63, 3.8) is 0 Å². The van der Waals surface area contributed by atoms with Gasteiger partial charge in [0, 0.05) is 0 Å². The van der Waals surface area contributed by atoms with E-state index >= 15 is 0 Å². The zero-order valence-corrected chi connectivity index (χ0v) is 12.9. The summed E-state index contributed by atoms with van der Waals surface area (Å²) in [5.74, 6) is 0. The highest BCUT2D eigenvalue weighted by Gasteiger charge is 1.97. The molecule has 0 heterocycles. The van der Waals surface area contributed by atoms with Crippen molar-refractivity contribution in [3.05, 3.63) is 70.8 Å². The zero-order valence-electron chi connectivity index (χ0n) is 12.9. The molecule has 0 nitrogen and oxygen atoms in total. The molecule has 0 saturated heterocycles. The smallest absolute Gasteiger partial charge is 0.0279 e. The lowest BCUT2D eigenvalue weighted by molar-refractivity contribution is 0.734. The van der Waals surface area contributed by atoms with Crippen molar-refractivity contribution >= 4 is 0 Å². The van der Waals surface area contributed by atoms with Gasteiger partial charge in [0.2, 0.25) is 0 Å². The van der Waals surface area contributed by atoms with Gasteiger partial charge in [-0.25, -0.2) is 0 Å². The summed E-state index contributed by atoms with van der Waals surface area (Å²) in [4.78, 5) is 0. The third-order valence-corrected chi connectivity index (χ3v) is 4.04. The van der Waals surface area contributed by atoms with Crippen molar-refractivity contribution in [2.75, 3.05) is 0 Å². The molecule has 0 unspecified atom stereocenters. The highest BCUT2D eigenvalue weighted by atomic mass is 14.0. The van der Waals surface area contributed by atoms with Crippen LogP contribution in [0.25, 0.3) is 0 Å². The molecule has 0 aliphatic rings. The molecule has 0 atom stereocenters. The monoisotopic (exact) mass is 266 g/mol. The highest BCUT2D eigenvalue weighted by Crippen LogP contribution is 2.12. The van der Waals surface area contributed by atoms with Crippen molar-refractivity contribution in [1.82, 2.24) is 0 Å². The fourth-order valence-corrected chi connectivity index (χ4v) is 2.54. The Labute approximate surface area is 123 Å². The predicted octanol–water partition coefficient (Wildman–Crippen LogP) is 5.38. The van der Waals surface area contributed by atoms with E-state index in [4.69, 9.17) is 0 Å². The molecule has 0 fully saturated rings. The minimum absolute atomic E-state index is 1.13. The van der Waals surface area contributed by atoms with E-state index in [0.29, 0.717) is 0 Å². The molecule has 0 amide bonds. The molecule has 0 N–H and O–H groups in total. The van der Waals surface area contributed by atoms with Crippen LogP contribution < -0.4 is 0 Å². The van der Waals surface area contributed by atoms with Crippen LogP contribution in [0.15, 0.2) is 48.5 Å². The normalized spacial score (nSPS) is 10.7. The quantitative estimate of drug-likeness (QED) is 0.590. The van der Waals surface area contributed by atoms with Crippen LogP contribution in [0.1, 0.15) is 48.9 Å². The third-order valence-electron chi connectivity index (χ3n) is 4.04. The Morgan fingerprint density at radius 3 is 1.10 bits per heavy atom. The van der Waals surface area contributed by atoms with Gasteiger partial charge in [-0.3, -0.25) is 0 Å². The summed E-state index contributed by atoms with van der Waals surface area (Å²) < 4.78 is 0. The first-order valence-corrected chi connectivity index (χ1v) is 7.97. The molecule has 0 spiro atoms. The summed E-state index contributed by atoms with van der Waals surface area (Å²) in [6.45, 7) is 4.41.